The lowest BCUT2D eigenvalue weighted by Gasteiger charge is -2.07. The SMILES string of the molecule is CCOC(=O)c1cnn(-c2cccc(Cl)c2)c1CC#N. The van der Waals surface area contributed by atoms with Gasteiger partial charge in [0.1, 0.15) is 5.56 Å². The second-order valence-electron chi connectivity index (χ2n) is 3.95. The molecule has 6 heteroatoms. The fourth-order valence-corrected chi connectivity index (χ4v) is 2.01. The highest BCUT2D eigenvalue weighted by Gasteiger charge is 2.19. The Kier molecular flexibility index (Phi) is 4.38. The summed E-state index contributed by atoms with van der Waals surface area (Å²) in [4.78, 5) is 11.8. The van der Waals surface area contributed by atoms with E-state index in [2.05, 4.69) is 5.10 Å². The van der Waals surface area contributed by atoms with Crippen molar-refractivity contribution in [2.75, 3.05) is 6.61 Å². The number of carbonyl (C=O) groups excluding carboxylic acids is 1. The molecule has 0 atom stereocenters. The summed E-state index contributed by atoms with van der Waals surface area (Å²) in [7, 11) is 0. The van der Waals surface area contributed by atoms with Crippen LogP contribution in [0, 0.1) is 11.3 Å². The number of nitrogens with zero attached hydrogens (tertiary/aromatic N) is 3. The van der Waals surface area contributed by atoms with Crippen LogP contribution < -0.4 is 0 Å². The molecule has 102 valence electrons. The van der Waals surface area contributed by atoms with E-state index in [1.807, 2.05) is 6.07 Å². The Morgan fingerprint density at radius 3 is 3.00 bits per heavy atom. The normalized spacial score (nSPS) is 10.1. The molecule has 0 N–H and O–H groups in total. The Labute approximate surface area is 121 Å². The quantitative estimate of drug-likeness (QED) is 0.812. The van der Waals surface area contributed by atoms with Gasteiger partial charge in [0.15, 0.2) is 0 Å². The van der Waals surface area contributed by atoms with Crippen LogP contribution in [0.3, 0.4) is 0 Å². The molecule has 0 amide bonds. The number of carbonyl (C=O) groups is 1. The van der Waals surface area contributed by atoms with Gasteiger partial charge in [0.2, 0.25) is 0 Å². The molecule has 0 aliphatic carbocycles. The van der Waals surface area contributed by atoms with Gasteiger partial charge in [0, 0.05) is 5.02 Å². The summed E-state index contributed by atoms with van der Waals surface area (Å²) in [5, 5.41) is 13.6. The second kappa shape index (κ2) is 6.22. The van der Waals surface area contributed by atoms with Crippen molar-refractivity contribution in [2.24, 2.45) is 0 Å². The van der Waals surface area contributed by atoms with Crippen LogP contribution in [0.25, 0.3) is 5.69 Å². The zero-order valence-electron chi connectivity index (χ0n) is 10.8. The maximum atomic E-state index is 11.8. The van der Waals surface area contributed by atoms with Crippen molar-refractivity contribution in [3.63, 3.8) is 0 Å². The van der Waals surface area contributed by atoms with Gasteiger partial charge in [0.05, 0.1) is 36.7 Å². The number of benzene rings is 1. The van der Waals surface area contributed by atoms with Crippen molar-refractivity contribution < 1.29 is 9.53 Å². The minimum absolute atomic E-state index is 0.0562. The van der Waals surface area contributed by atoms with Gasteiger partial charge in [-0.25, -0.2) is 9.48 Å². The fraction of sp³-hybridized carbons (Fsp3) is 0.214. The van der Waals surface area contributed by atoms with Gasteiger partial charge in [-0.15, -0.1) is 0 Å². The van der Waals surface area contributed by atoms with Crippen LogP contribution in [-0.2, 0) is 11.2 Å². The Hall–Kier alpha value is -2.32. The predicted molar refractivity (Wildman–Crippen MR) is 73.8 cm³/mol. The molecule has 2 rings (SSSR count). The molecule has 0 aliphatic rings. The lowest BCUT2D eigenvalue weighted by atomic mass is 10.2. The molecule has 1 aromatic carbocycles. The molecule has 20 heavy (non-hydrogen) atoms. The van der Waals surface area contributed by atoms with Gasteiger partial charge in [-0.05, 0) is 25.1 Å². The average molecular weight is 290 g/mol. The molecule has 0 bridgehead atoms. The van der Waals surface area contributed by atoms with E-state index in [1.54, 1.807) is 31.2 Å². The summed E-state index contributed by atoms with van der Waals surface area (Å²) < 4.78 is 6.49. The van der Waals surface area contributed by atoms with Crippen molar-refractivity contribution in [1.29, 1.82) is 5.26 Å². The van der Waals surface area contributed by atoms with Crippen LogP contribution in [0.2, 0.25) is 5.02 Å². The van der Waals surface area contributed by atoms with E-state index < -0.39 is 5.97 Å². The number of ether oxygens (including phenoxy) is 1. The van der Waals surface area contributed by atoms with Gasteiger partial charge < -0.3 is 4.74 Å². The largest absolute Gasteiger partial charge is 0.462 e. The van der Waals surface area contributed by atoms with Gasteiger partial charge in [-0.3, -0.25) is 0 Å². The highest BCUT2D eigenvalue weighted by atomic mass is 35.5. The first-order valence-corrected chi connectivity index (χ1v) is 6.42. The van der Waals surface area contributed by atoms with E-state index in [4.69, 9.17) is 21.6 Å². The van der Waals surface area contributed by atoms with Gasteiger partial charge in [-0.2, -0.15) is 10.4 Å². The fourth-order valence-electron chi connectivity index (χ4n) is 1.83. The molecule has 0 saturated carbocycles. The number of hydrogen-bond acceptors (Lipinski definition) is 4. The molecular formula is C14H12ClN3O2. The Balaban J connectivity index is 2.49. The average Bonchev–Trinajstić information content (AvgIpc) is 2.83. The summed E-state index contributed by atoms with van der Waals surface area (Å²) in [5.74, 6) is -0.481. The van der Waals surface area contributed by atoms with Crippen LogP contribution in [0.1, 0.15) is 23.0 Å². The zero-order valence-corrected chi connectivity index (χ0v) is 11.6. The monoisotopic (exact) mass is 289 g/mol. The summed E-state index contributed by atoms with van der Waals surface area (Å²) in [6, 6.07) is 9.06. The molecule has 0 spiro atoms. The predicted octanol–water partition coefficient (Wildman–Crippen LogP) is 2.77. The molecule has 2 aromatic rings. The van der Waals surface area contributed by atoms with E-state index >= 15 is 0 Å². The smallest absolute Gasteiger partial charge is 0.341 e. The first kappa shape index (κ1) is 14.1. The van der Waals surface area contributed by atoms with Crippen molar-refractivity contribution >= 4 is 17.6 Å². The van der Waals surface area contributed by atoms with Gasteiger partial charge in [0.25, 0.3) is 0 Å². The first-order valence-electron chi connectivity index (χ1n) is 6.04. The van der Waals surface area contributed by atoms with Gasteiger partial charge >= 0.3 is 5.97 Å². The van der Waals surface area contributed by atoms with Crippen LogP contribution in [0.15, 0.2) is 30.5 Å². The zero-order chi connectivity index (χ0) is 14.5. The Morgan fingerprint density at radius 1 is 1.55 bits per heavy atom. The molecular weight excluding hydrogens is 278 g/mol. The number of nitriles is 1. The Morgan fingerprint density at radius 2 is 2.35 bits per heavy atom. The topological polar surface area (TPSA) is 67.9 Å². The Bertz CT molecular complexity index is 673. The molecule has 0 aliphatic heterocycles. The van der Waals surface area contributed by atoms with Crippen LogP contribution in [0.5, 0.6) is 0 Å². The minimum atomic E-state index is -0.481. The molecule has 0 unspecified atom stereocenters. The molecule has 5 nitrogen and oxygen atoms in total. The van der Waals surface area contributed by atoms with E-state index in [-0.39, 0.29) is 13.0 Å². The summed E-state index contributed by atoms with van der Waals surface area (Å²) >= 11 is 5.95. The molecule has 1 aromatic heterocycles. The van der Waals surface area contributed by atoms with Crippen LogP contribution in [0.4, 0.5) is 0 Å². The van der Waals surface area contributed by atoms with E-state index in [0.717, 1.165) is 0 Å². The van der Waals surface area contributed by atoms with Crippen LogP contribution >= 0.6 is 11.6 Å². The number of esters is 1. The lowest BCUT2D eigenvalue weighted by Crippen LogP contribution is -2.09. The highest BCUT2D eigenvalue weighted by Crippen LogP contribution is 2.19. The maximum absolute atomic E-state index is 11.8. The van der Waals surface area contributed by atoms with Crippen molar-refractivity contribution in [3.8, 4) is 11.8 Å². The summed E-state index contributed by atoms with van der Waals surface area (Å²) in [5.41, 5.74) is 1.49. The number of rotatable bonds is 4. The number of hydrogen-bond donors (Lipinski definition) is 0. The number of aromatic nitrogens is 2. The summed E-state index contributed by atoms with van der Waals surface area (Å²) in [6.07, 6.45) is 1.46. The highest BCUT2D eigenvalue weighted by molar-refractivity contribution is 6.30. The molecule has 0 saturated heterocycles. The molecule has 0 fully saturated rings. The first-order chi connectivity index (χ1) is 9.67. The van der Waals surface area contributed by atoms with E-state index in [0.29, 0.717) is 22.0 Å². The van der Waals surface area contributed by atoms with Crippen molar-refractivity contribution in [3.05, 3.63) is 46.7 Å². The third-order valence-corrected chi connectivity index (χ3v) is 2.90. The van der Waals surface area contributed by atoms with Crippen LogP contribution in [-0.4, -0.2) is 22.4 Å². The third kappa shape index (κ3) is 2.81. The maximum Gasteiger partial charge on any atom is 0.341 e. The molecule has 1 heterocycles. The number of halogens is 1. The van der Waals surface area contributed by atoms with E-state index in [9.17, 15) is 4.79 Å². The lowest BCUT2D eigenvalue weighted by molar-refractivity contribution is 0.0525. The standard InChI is InChI=1S/C14H12ClN3O2/c1-2-20-14(19)12-9-17-18(13(12)6-7-16)11-5-3-4-10(15)8-11/h3-5,8-9H,2,6H2,1H3. The summed E-state index contributed by atoms with van der Waals surface area (Å²) in [6.45, 7) is 2.00. The molecule has 0 radical (unpaired) electrons. The van der Waals surface area contributed by atoms with E-state index in [1.165, 1.54) is 10.9 Å². The van der Waals surface area contributed by atoms with Crippen molar-refractivity contribution in [1.82, 2.24) is 9.78 Å². The van der Waals surface area contributed by atoms with Gasteiger partial charge in [-0.1, -0.05) is 17.7 Å². The third-order valence-electron chi connectivity index (χ3n) is 2.66. The minimum Gasteiger partial charge on any atom is -0.462 e. The second-order valence-corrected chi connectivity index (χ2v) is 4.39. The van der Waals surface area contributed by atoms with Crippen molar-refractivity contribution in [2.45, 2.75) is 13.3 Å².